The van der Waals surface area contributed by atoms with Crippen LogP contribution in [0.2, 0.25) is 0 Å². The SMILES string of the molecule is O=C(O)CCOCCOCCOCCN1CCOCC1. The van der Waals surface area contributed by atoms with Crippen molar-refractivity contribution in [2.75, 3.05) is 72.5 Å². The molecule has 1 N–H and O–H groups in total. The van der Waals surface area contributed by atoms with E-state index in [2.05, 4.69) is 4.90 Å². The lowest BCUT2D eigenvalue weighted by Gasteiger charge is -2.26. The molecule has 0 aromatic carbocycles. The minimum Gasteiger partial charge on any atom is -0.481 e. The summed E-state index contributed by atoms with van der Waals surface area (Å²) >= 11 is 0. The Morgan fingerprint density at radius 1 is 0.950 bits per heavy atom. The lowest BCUT2D eigenvalue weighted by Crippen LogP contribution is -2.38. The van der Waals surface area contributed by atoms with Gasteiger partial charge in [-0.1, -0.05) is 0 Å². The smallest absolute Gasteiger partial charge is 0.305 e. The number of morpholine rings is 1. The Bertz CT molecular complexity index is 245. The molecule has 0 aliphatic carbocycles. The van der Waals surface area contributed by atoms with Crippen molar-refractivity contribution < 1.29 is 28.8 Å². The van der Waals surface area contributed by atoms with Gasteiger partial charge in [-0.15, -0.1) is 0 Å². The molecule has 0 saturated carbocycles. The molecule has 0 atom stereocenters. The molecule has 0 aromatic heterocycles. The molecular weight excluding hydrogens is 266 g/mol. The zero-order chi connectivity index (χ0) is 14.5. The van der Waals surface area contributed by atoms with Crippen LogP contribution in [0.3, 0.4) is 0 Å². The number of nitrogens with zero attached hydrogens (tertiary/aromatic N) is 1. The van der Waals surface area contributed by atoms with Crippen molar-refractivity contribution in [3.63, 3.8) is 0 Å². The molecule has 1 heterocycles. The molecule has 1 saturated heterocycles. The highest BCUT2D eigenvalue weighted by Crippen LogP contribution is 1.95. The summed E-state index contributed by atoms with van der Waals surface area (Å²) in [7, 11) is 0. The van der Waals surface area contributed by atoms with Crippen LogP contribution in [0.25, 0.3) is 0 Å². The summed E-state index contributed by atoms with van der Waals surface area (Å²) in [5.41, 5.74) is 0. The van der Waals surface area contributed by atoms with E-state index in [0.29, 0.717) is 33.0 Å². The number of hydrogen-bond acceptors (Lipinski definition) is 6. The highest BCUT2D eigenvalue weighted by Gasteiger charge is 2.08. The van der Waals surface area contributed by atoms with Crippen molar-refractivity contribution in [1.82, 2.24) is 4.90 Å². The van der Waals surface area contributed by atoms with Crippen molar-refractivity contribution in [3.8, 4) is 0 Å². The van der Waals surface area contributed by atoms with Crippen LogP contribution in [0.5, 0.6) is 0 Å². The molecule has 118 valence electrons. The van der Waals surface area contributed by atoms with Gasteiger partial charge in [0.05, 0.1) is 59.3 Å². The molecule has 0 amide bonds. The second-order valence-electron chi connectivity index (χ2n) is 4.43. The third-order valence-corrected chi connectivity index (χ3v) is 2.86. The van der Waals surface area contributed by atoms with Crippen LogP contribution in [-0.2, 0) is 23.7 Å². The van der Waals surface area contributed by atoms with Crippen LogP contribution in [0.1, 0.15) is 6.42 Å². The van der Waals surface area contributed by atoms with Crippen LogP contribution in [0.15, 0.2) is 0 Å². The van der Waals surface area contributed by atoms with Crippen molar-refractivity contribution in [2.45, 2.75) is 6.42 Å². The van der Waals surface area contributed by atoms with Gasteiger partial charge >= 0.3 is 5.97 Å². The van der Waals surface area contributed by atoms with Crippen molar-refractivity contribution in [2.24, 2.45) is 0 Å². The van der Waals surface area contributed by atoms with Gasteiger partial charge in [-0.2, -0.15) is 0 Å². The van der Waals surface area contributed by atoms with E-state index in [-0.39, 0.29) is 13.0 Å². The van der Waals surface area contributed by atoms with Crippen molar-refractivity contribution in [3.05, 3.63) is 0 Å². The van der Waals surface area contributed by atoms with Gasteiger partial charge < -0.3 is 24.1 Å². The van der Waals surface area contributed by atoms with E-state index in [4.69, 9.17) is 24.1 Å². The number of ether oxygens (including phenoxy) is 4. The van der Waals surface area contributed by atoms with Gasteiger partial charge in [0.25, 0.3) is 0 Å². The minimum absolute atomic E-state index is 0.0324. The minimum atomic E-state index is -0.848. The van der Waals surface area contributed by atoms with Crippen molar-refractivity contribution >= 4 is 5.97 Å². The highest BCUT2D eigenvalue weighted by atomic mass is 16.5. The molecular formula is C13H25NO6. The topological polar surface area (TPSA) is 77.5 Å². The first-order valence-electron chi connectivity index (χ1n) is 7.04. The Hall–Kier alpha value is -0.730. The maximum atomic E-state index is 10.2. The molecule has 20 heavy (non-hydrogen) atoms. The lowest BCUT2D eigenvalue weighted by molar-refractivity contribution is -0.138. The number of hydrogen-bond donors (Lipinski definition) is 1. The van der Waals surface area contributed by atoms with Gasteiger partial charge in [0.15, 0.2) is 0 Å². The first-order valence-corrected chi connectivity index (χ1v) is 7.04. The van der Waals surface area contributed by atoms with Gasteiger partial charge in [0.1, 0.15) is 0 Å². The molecule has 0 spiro atoms. The zero-order valence-corrected chi connectivity index (χ0v) is 11.9. The number of carbonyl (C=O) groups is 1. The maximum absolute atomic E-state index is 10.2. The Labute approximate surface area is 119 Å². The number of carboxylic acids is 1. The average molecular weight is 291 g/mol. The van der Waals surface area contributed by atoms with Crippen molar-refractivity contribution in [1.29, 1.82) is 0 Å². The Balaban J connectivity index is 1.73. The highest BCUT2D eigenvalue weighted by molar-refractivity contribution is 5.66. The van der Waals surface area contributed by atoms with Gasteiger partial charge in [-0.25, -0.2) is 0 Å². The van der Waals surface area contributed by atoms with Gasteiger partial charge in [-0.05, 0) is 0 Å². The molecule has 1 rings (SSSR count). The Morgan fingerprint density at radius 3 is 2.10 bits per heavy atom. The van der Waals surface area contributed by atoms with Crippen LogP contribution in [0, 0.1) is 0 Å². The summed E-state index contributed by atoms with van der Waals surface area (Å²) in [6.07, 6.45) is 0.0324. The molecule has 0 aromatic rings. The van der Waals surface area contributed by atoms with Crippen LogP contribution < -0.4 is 0 Å². The second-order valence-corrected chi connectivity index (χ2v) is 4.43. The lowest BCUT2D eigenvalue weighted by atomic mass is 10.4. The first kappa shape index (κ1) is 17.3. The molecule has 0 radical (unpaired) electrons. The van der Waals surface area contributed by atoms with E-state index in [1.165, 1.54) is 0 Å². The second kappa shape index (κ2) is 12.0. The maximum Gasteiger partial charge on any atom is 0.305 e. The third-order valence-electron chi connectivity index (χ3n) is 2.86. The van der Waals surface area contributed by atoms with Gasteiger partial charge in [0, 0.05) is 19.6 Å². The third kappa shape index (κ3) is 10.1. The van der Waals surface area contributed by atoms with Gasteiger partial charge in [0.2, 0.25) is 0 Å². The van der Waals surface area contributed by atoms with Crippen LogP contribution in [-0.4, -0.2) is 88.5 Å². The molecule has 1 aliphatic heterocycles. The molecule has 1 fully saturated rings. The Kier molecular flexibility index (Phi) is 10.4. The summed E-state index contributed by atoms with van der Waals surface area (Å²) in [6, 6.07) is 0. The summed E-state index contributed by atoms with van der Waals surface area (Å²) in [5.74, 6) is -0.848. The zero-order valence-electron chi connectivity index (χ0n) is 11.9. The van der Waals surface area contributed by atoms with Crippen LogP contribution >= 0.6 is 0 Å². The Morgan fingerprint density at radius 2 is 1.50 bits per heavy atom. The van der Waals surface area contributed by atoms with Gasteiger partial charge in [-0.3, -0.25) is 9.69 Å². The van der Waals surface area contributed by atoms with E-state index >= 15 is 0 Å². The first-order chi connectivity index (χ1) is 9.79. The number of carboxylic acid groups (broad SMARTS) is 1. The summed E-state index contributed by atoms with van der Waals surface area (Å²) in [5, 5.41) is 8.39. The number of aliphatic carboxylic acids is 1. The fourth-order valence-corrected chi connectivity index (χ4v) is 1.72. The standard InChI is InChI=1S/C13H25NO6/c15-13(16)1-5-17-9-11-20-12-10-19-8-4-14-2-6-18-7-3-14/h1-12H2,(H,15,16). The van der Waals surface area contributed by atoms with E-state index in [9.17, 15) is 4.79 Å². The summed E-state index contributed by atoms with van der Waals surface area (Å²) in [4.78, 5) is 12.5. The molecule has 0 unspecified atom stereocenters. The van der Waals surface area contributed by atoms with E-state index < -0.39 is 5.97 Å². The van der Waals surface area contributed by atoms with E-state index in [0.717, 1.165) is 32.8 Å². The van der Waals surface area contributed by atoms with Crippen LogP contribution in [0.4, 0.5) is 0 Å². The normalized spacial score (nSPS) is 16.4. The number of rotatable bonds is 12. The molecule has 1 aliphatic rings. The predicted molar refractivity (Wildman–Crippen MR) is 72.0 cm³/mol. The van der Waals surface area contributed by atoms with E-state index in [1.807, 2.05) is 0 Å². The molecule has 0 bridgehead atoms. The monoisotopic (exact) mass is 291 g/mol. The fourth-order valence-electron chi connectivity index (χ4n) is 1.72. The largest absolute Gasteiger partial charge is 0.481 e. The summed E-state index contributed by atoms with van der Waals surface area (Å²) < 4.78 is 21.1. The molecule has 7 heteroatoms. The fraction of sp³-hybridized carbons (Fsp3) is 0.923. The quantitative estimate of drug-likeness (QED) is 0.501. The van der Waals surface area contributed by atoms with E-state index in [1.54, 1.807) is 0 Å². The molecule has 7 nitrogen and oxygen atoms in total. The average Bonchev–Trinajstić information content (AvgIpc) is 2.45. The predicted octanol–water partition coefficient (Wildman–Crippen LogP) is -0.157. The summed E-state index contributed by atoms with van der Waals surface area (Å²) in [6.45, 7) is 7.43.